The molecule has 0 aliphatic carbocycles. The van der Waals surface area contributed by atoms with Crippen molar-refractivity contribution in [2.45, 2.75) is 6.54 Å². The monoisotopic (exact) mass is 527 g/mol. The normalized spacial score (nSPS) is 16.2. The van der Waals surface area contributed by atoms with Crippen LogP contribution in [0.4, 0.5) is 5.69 Å². The fourth-order valence-corrected chi connectivity index (χ4v) is 4.70. The van der Waals surface area contributed by atoms with Crippen molar-refractivity contribution in [1.82, 2.24) is 10.2 Å². The summed E-state index contributed by atoms with van der Waals surface area (Å²) in [6.07, 6.45) is 1.42. The summed E-state index contributed by atoms with van der Waals surface area (Å²) >= 11 is 5.28. The number of anilines is 1. The fraction of sp³-hybridized carbons (Fsp3) is 0.107. The van der Waals surface area contributed by atoms with E-state index < -0.39 is 23.6 Å². The zero-order valence-electron chi connectivity index (χ0n) is 20.4. The summed E-state index contributed by atoms with van der Waals surface area (Å²) in [6.45, 7) is -0.0515. The Morgan fingerprint density at radius 2 is 1.45 bits per heavy atom. The first kappa shape index (κ1) is 24.8. The van der Waals surface area contributed by atoms with Gasteiger partial charge in [0.15, 0.2) is 5.11 Å². The number of para-hydroxylation sites is 2. The van der Waals surface area contributed by atoms with Crippen molar-refractivity contribution in [3.8, 4) is 11.5 Å². The Labute approximate surface area is 223 Å². The van der Waals surface area contributed by atoms with E-state index in [4.69, 9.17) is 21.7 Å². The van der Waals surface area contributed by atoms with Gasteiger partial charge in [-0.05, 0) is 60.3 Å². The van der Waals surface area contributed by atoms with Gasteiger partial charge in [-0.25, -0.2) is 4.90 Å². The Morgan fingerprint density at radius 3 is 2.11 bits per heavy atom. The standard InChI is InChI=1S/C28H21N3O6S/c1-36-22-12-11-16(13-17(22)15-30-25(33)18-7-3-4-8-19(18)26(30)34)14-20-24(32)29-28(38)31(27(20)35)21-9-5-6-10-23(21)37-2/h3-14H,15H2,1-2H3,(H,29,32,38)/b20-14-. The van der Waals surface area contributed by atoms with E-state index in [1.165, 1.54) is 25.2 Å². The second kappa shape index (κ2) is 9.91. The molecule has 1 fully saturated rings. The van der Waals surface area contributed by atoms with Crippen molar-refractivity contribution in [2.75, 3.05) is 19.1 Å². The van der Waals surface area contributed by atoms with Crippen molar-refractivity contribution >= 4 is 52.7 Å². The number of benzene rings is 3. The van der Waals surface area contributed by atoms with Crippen LogP contribution in [-0.2, 0) is 16.1 Å². The van der Waals surface area contributed by atoms with Gasteiger partial charge in [-0.15, -0.1) is 0 Å². The van der Waals surface area contributed by atoms with E-state index in [2.05, 4.69) is 5.32 Å². The van der Waals surface area contributed by atoms with Crippen molar-refractivity contribution in [2.24, 2.45) is 0 Å². The summed E-state index contributed by atoms with van der Waals surface area (Å²) in [6, 6.07) is 18.4. The third-order valence-corrected chi connectivity index (χ3v) is 6.53. The summed E-state index contributed by atoms with van der Waals surface area (Å²) in [5, 5.41) is 2.48. The number of hydrogen-bond donors (Lipinski definition) is 1. The minimum Gasteiger partial charge on any atom is -0.496 e. The molecule has 5 rings (SSSR count). The van der Waals surface area contributed by atoms with Crippen LogP contribution in [0, 0.1) is 0 Å². The number of fused-ring (bicyclic) bond motifs is 1. The largest absolute Gasteiger partial charge is 0.496 e. The van der Waals surface area contributed by atoms with Crippen LogP contribution in [0.15, 0.2) is 72.3 Å². The number of ether oxygens (including phenoxy) is 2. The van der Waals surface area contributed by atoms with Gasteiger partial charge in [0, 0.05) is 5.56 Å². The number of nitrogens with zero attached hydrogens (tertiary/aromatic N) is 2. The molecule has 0 aromatic heterocycles. The number of thiocarbonyl (C=S) groups is 1. The lowest BCUT2D eigenvalue weighted by Gasteiger charge is -2.29. The van der Waals surface area contributed by atoms with Gasteiger partial charge in [0.1, 0.15) is 17.1 Å². The Hall–Kier alpha value is -4.83. The zero-order valence-corrected chi connectivity index (χ0v) is 21.2. The van der Waals surface area contributed by atoms with Crippen LogP contribution in [0.3, 0.4) is 0 Å². The van der Waals surface area contributed by atoms with Crippen molar-refractivity contribution in [1.29, 1.82) is 0 Å². The molecule has 3 aromatic carbocycles. The summed E-state index contributed by atoms with van der Waals surface area (Å²) in [7, 11) is 2.95. The van der Waals surface area contributed by atoms with Crippen LogP contribution >= 0.6 is 12.2 Å². The highest BCUT2D eigenvalue weighted by Crippen LogP contribution is 2.32. The van der Waals surface area contributed by atoms with E-state index in [0.717, 1.165) is 4.90 Å². The van der Waals surface area contributed by atoms with Crippen molar-refractivity contribution < 1.29 is 28.7 Å². The van der Waals surface area contributed by atoms with Crippen LogP contribution in [0.1, 0.15) is 31.8 Å². The summed E-state index contributed by atoms with van der Waals surface area (Å²) < 4.78 is 10.8. The fourth-order valence-electron chi connectivity index (χ4n) is 4.42. The van der Waals surface area contributed by atoms with E-state index in [1.807, 2.05) is 0 Å². The SMILES string of the molecule is COc1ccc(/C=C2/C(=O)NC(=S)N(c3ccccc3OC)C2=O)cc1CN1C(=O)c2ccccc2C1=O. The lowest BCUT2D eigenvalue weighted by atomic mass is 10.0. The lowest BCUT2D eigenvalue weighted by Crippen LogP contribution is -2.54. The Bertz CT molecular complexity index is 1530. The van der Waals surface area contributed by atoms with Gasteiger partial charge >= 0.3 is 0 Å². The number of hydrogen-bond acceptors (Lipinski definition) is 7. The van der Waals surface area contributed by atoms with E-state index in [9.17, 15) is 19.2 Å². The number of carbonyl (C=O) groups is 4. The molecular weight excluding hydrogens is 506 g/mol. The highest BCUT2D eigenvalue weighted by Gasteiger charge is 2.37. The molecule has 0 spiro atoms. The second-order valence-electron chi connectivity index (χ2n) is 8.44. The quantitative estimate of drug-likeness (QED) is 0.227. The molecule has 0 saturated carbocycles. The van der Waals surface area contributed by atoms with Gasteiger partial charge in [0.25, 0.3) is 23.6 Å². The van der Waals surface area contributed by atoms with Gasteiger partial charge in [0.2, 0.25) is 0 Å². The average Bonchev–Trinajstić information content (AvgIpc) is 3.16. The molecule has 2 aliphatic heterocycles. The van der Waals surface area contributed by atoms with E-state index in [0.29, 0.717) is 39.4 Å². The molecule has 10 heteroatoms. The molecule has 2 aliphatic rings. The molecule has 9 nitrogen and oxygen atoms in total. The maximum absolute atomic E-state index is 13.4. The topological polar surface area (TPSA) is 105 Å². The summed E-state index contributed by atoms with van der Waals surface area (Å²) in [5.74, 6) is -1.23. The van der Waals surface area contributed by atoms with Crippen LogP contribution in [0.25, 0.3) is 6.08 Å². The summed E-state index contributed by atoms with van der Waals surface area (Å²) in [4.78, 5) is 54.3. The molecule has 0 radical (unpaired) electrons. The van der Waals surface area contributed by atoms with Gasteiger partial charge in [-0.3, -0.25) is 29.4 Å². The minimum atomic E-state index is -0.649. The van der Waals surface area contributed by atoms with E-state index in [-0.39, 0.29) is 17.2 Å². The van der Waals surface area contributed by atoms with Crippen molar-refractivity contribution in [3.63, 3.8) is 0 Å². The molecule has 1 saturated heterocycles. The molecule has 0 unspecified atom stereocenters. The zero-order chi connectivity index (χ0) is 27.0. The Morgan fingerprint density at radius 1 is 0.816 bits per heavy atom. The summed E-state index contributed by atoms with van der Waals surface area (Å²) in [5.41, 5.74) is 1.93. The molecule has 0 bridgehead atoms. The third-order valence-electron chi connectivity index (χ3n) is 6.25. The maximum atomic E-state index is 13.4. The molecule has 0 atom stereocenters. The average molecular weight is 528 g/mol. The molecule has 1 N–H and O–H groups in total. The molecule has 190 valence electrons. The van der Waals surface area contributed by atoms with Crippen LogP contribution < -0.4 is 19.7 Å². The highest BCUT2D eigenvalue weighted by atomic mass is 32.1. The van der Waals surface area contributed by atoms with Crippen molar-refractivity contribution in [3.05, 3.63) is 94.6 Å². The maximum Gasteiger partial charge on any atom is 0.270 e. The molecular formula is C28H21N3O6S. The van der Waals surface area contributed by atoms with Crippen LogP contribution in [0.5, 0.6) is 11.5 Å². The third kappa shape index (κ3) is 4.20. The van der Waals surface area contributed by atoms with E-state index >= 15 is 0 Å². The first-order valence-electron chi connectivity index (χ1n) is 11.5. The Balaban J connectivity index is 1.49. The molecule has 2 heterocycles. The Kier molecular flexibility index (Phi) is 6.48. The smallest absolute Gasteiger partial charge is 0.270 e. The van der Waals surface area contributed by atoms with Gasteiger partial charge in [0.05, 0.1) is 37.6 Å². The first-order chi connectivity index (χ1) is 18.3. The van der Waals surface area contributed by atoms with Crippen LogP contribution in [-0.4, -0.2) is 47.9 Å². The number of nitrogens with one attached hydrogen (secondary N) is 1. The minimum absolute atomic E-state index is 0.0515. The van der Waals surface area contributed by atoms with Gasteiger partial charge < -0.3 is 9.47 Å². The molecule has 3 aromatic rings. The predicted octanol–water partition coefficient (Wildman–Crippen LogP) is 3.33. The van der Waals surface area contributed by atoms with Gasteiger partial charge in [-0.2, -0.15) is 0 Å². The lowest BCUT2D eigenvalue weighted by molar-refractivity contribution is -0.122. The van der Waals surface area contributed by atoms with Crippen LogP contribution in [0.2, 0.25) is 0 Å². The number of carbonyl (C=O) groups excluding carboxylic acids is 4. The predicted molar refractivity (Wildman–Crippen MR) is 143 cm³/mol. The highest BCUT2D eigenvalue weighted by molar-refractivity contribution is 7.80. The number of imide groups is 1. The number of rotatable bonds is 6. The van der Waals surface area contributed by atoms with E-state index in [1.54, 1.807) is 66.7 Å². The van der Waals surface area contributed by atoms with Gasteiger partial charge in [-0.1, -0.05) is 30.3 Å². The first-order valence-corrected chi connectivity index (χ1v) is 11.9. The molecule has 4 amide bonds. The molecule has 38 heavy (non-hydrogen) atoms. The number of amides is 4. The second-order valence-corrected chi connectivity index (χ2v) is 8.83. The number of methoxy groups -OCH3 is 2.